The number of benzene rings is 2. The fourth-order valence-corrected chi connectivity index (χ4v) is 5.62. The van der Waals surface area contributed by atoms with E-state index in [4.69, 9.17) is 16.2 Å². The highest BCUT2D eigenvalue weighted by Crippen LogP contribution is 2.41. The molecule has 0 saturated carbocycles. The minimum Gasteiger partial charge on any atom is -0.397 e. The highest BCUT2D eigenvalue weighted by Gasteiger charge is 2.24. The summed E-state index contributed by atoms with van der Waals surface area (Å²) in [5, 5.41) is 0. The quantitative estimate of drug-likeness (QED) is 0.280. The molecule has 0 bridgehead atoms. The zero-order chi connectivity index (χ0) is 21.9. The van der Waals surface area contributed by atoms with E-state index < -0.39 is 0 Å². The first-order chi connectivity index (χ1) is 13.5. The number of halogens is 4. The molecular weight excluding hydrogens is 628 g/mol. The van der Waals surface area contributed by atoms with Gasteiger partial charge in [-0.05, 0) is 124 Å². The second-order valence-electron chi connectivity index (χ2n) is 8.17. The van der Waals surface area contributed by atoms with Crippen LogP contribution in [0.4, 0.5) is 11.4 Å². The van der Waals surface area contributed by atoms with E-state index in [9.17, 15) is 0 Å². The van der Waals surface area contributed by atoms with Gasteiger partial charge in [0.1, 0.15) is 0 Å². The fraction of sp³-hybridized carbons (Fsp3) is 0.455. The minimum atomic E-state index is -0.0537. The largest absolute Gasteiger partial charge is 0.397 e. The van der Waals surface area contributed by atoms with Crippen molar-refractivity contribution >= 4 is 75.1 Å². The summed E-state index contributed by atoms with van der Waals surface area (Å²) in [5.41, 5.74) is 15.8. The van der Waals surface area contributed by atoms with Crippen LogP contribution >= 0.6 is 63.7 Å². The van der Waals surface area contributed by atoms with Crippen LogP contribution in [0.25, 0.3) is 0 Å². The summed E-state index contributed by atoms with van der Waals surface area (Å²) in [7, 11) is 0. The first-order valence-corrected chi connectivity index (χ1v) is 12.8. The molecule has 0 amide bonds. The summed E-state index contributed by atoms with van der Waals surface area (Å²) < 4.78 is 10.3. The Morgan fingerprint density at radius 2 is 0.931 bits per heavy atom. The van der Waals surface area contributed by atoms with Crippen molar-refractivity contribution in [1.29, 1.82) is 0 Å². The van der Waals surface area contributed by atoms with E-state index in [0.717, 1.165) is 41.9 Å². The lowest BCUT2D eigenvalue weighted by Crippen LogP contribution is -2.15. The van der Waals surface area contributed by atoms with Crippen molar-refractivity contribution in [3.05, 3.63) is 53.3 Å². The molecule has 0 spiro atoms. The van der Waals surface area contributed by atoms with E-state index in [1.165, 1.54) is 0 Å². The molecule has 0 heterocycles. The van der Waals surface area contributed by atoms with Gasteiger partial charge < -0.3 is 16.2 Å². The molecule has 160 valence electrons. The molecule has 0 aliphatic heterocycles. The second-order valence-corrected chi connectivity index (χ2v) is 11.6. The molecule has 2 aromatic carbocycles. The van der Waals surface area contributed by atoms with E-state index in [2.05, 4.69) is 116 Å². The van der Waals surface area contributed by atoms with Crippen molar-refractivity contribution in [2.45, 2.75) is 52.7 Å². The van der Waals surface area contributed by atoms with Gasteiger partial charge in [-0.2, -0.15) is 0 Å². The molecule has 0 fully saturated rings. The van der Waals surface area contributed by atoms with E-state index in [1.807, 2.05) is 0 Å². The summed E-state index contributed by atoms with van der Waals surface area (Å²) in [5.74, 6) is 0.972. The number of nitrogens with two attached hydrogens (primary N) is 2. The van der Waals surface area contributed by atoms with E-state index >= 15 is 0 Å². The lowest BCUT2D eigenvalue weighted by Gasteiger charge is -2.29. The molecule has 2 rings (SSSR count). The lowest BCUT2D eigenvalue weighted by atomic mass is 9.96. The van der Waals surface area contributed by atoms with Crippen LogP contribution in [0.5, 0.6) is 0 Å². The van der Waals surface area contributed by atoms with Crippen LogP contribution < -0.4 is 11.5 Å². The van der Waals surface area contributed by atoms with Crippen LogP contribution in [0.15, 0.2) is 42.2 Å². The molecule has 0 aliphatic rings. The molecule has 0 aromatic heterocycles. The molecule has 2 aromatic rings. The summed E-state index contributed by atoms with van der Waals surface area (Å²) in [6.07, 6.45) is 1.72. The molecule has 0 aliphatic carbocycles. The Kier molecular flexibility index (Phi) is 9.54. The van der Waals surface area contributed by atoms with Gasteiger partial charge in [-0.15, -0.1) is 0 Å². The van der Waals surface area contributed by atoms with Crippen LogP contribution in [-0.4, -0.2) is 0 Å². The summed E-state index contributed by atoms with van der Waals surface area (Å²) >= 11 is 14.3. The molecule has 3 nitrogen and oxygen atoms in total. The Labute approximate surface area is 207 Å². The van der Waals surface area contributed by atoms with E-state index in [0.29, 0.717) is 23.2 Å². The lowest BCUT2D eigenvalue weighted by molar-refractivity contribution is -0.0352. The number of hydrogen-bond donors (Lipinski definition) is 2. The predicted octanol–water partition coefficient (Wildman–Crippen LogP) is 8.79. The highest BCUT2D eigenvalue weighted by atomic mass is 79.9. The van der Waals surface area contributed by atoms with Crippen molar-refractivity contribution in [2.75, 3.05) is 11.5 Å². The molecule has 0 radical (unpaired) electrons. The van der Waals surface area contributed by atoms with Crippen LogP contribution in [-0.2, 0) is 4.74 Å². The number of rotatable bonds is 8. The first-order valence-electron chi connectivity index (χ1n) is 9.63. The van der Waals surface area contributed by atoms with Gasteiger partial charge in [0.25, 0.3) is 0 Å². The van der Waals surface area contributed by atoms with Gasteiger partial charge >= 0.3 is 0 Å². The van der Waals surface area contributed by atoms with Crippen LogP contribution in [0.3, 0.4) is 0 Å². The van der Waals surface area contributed by atoms with Gasteiger partial charge in [0.2, 0.25) is 0 Å². The van der Waals surface area contributed by atoms with Crippen molar-refractivity contribution < 1.29 is 4.74 Å². The molecular formula is C22H28Br4N2O. The van der Waals surface area contributed by atoms with Gasteiger partial charge in [-0.25, -0.2) is 0 Å². The van der Waals surface area contributed by atoms with Crippen LogP contribution in [0.2, 0.25) is 0 Å². The number of anilines is 2. The van der Waals surface area contributed by atoms with Gasteiger partial charge in [-0.3, -0.25) is 0 Å². The Bertz CT molecular complexity index is 739. The molecule has 2 atom stereocenters. The SMILES string of the molecule is CC(C)CC(OC(CC(C)C)c1cc(Br)c(N)c(Br)c1)c1cc(Br)c(N)c(Br)c1. The highest BCUT2D eigenvalue weighted by molar-refractivity contribution is 9.11. The zero-order valence-electron chi connectivity index (χ0n) is 17.1. The predicted molar refractivity (Wildman–Crippen MR) is 138 cm³/mol. The molecule has 0 saturated heterocycles. The maximum atomic E-state index is 6.78. The van der Waals surface area contributed by atoms with Gasteiger partial charge in [0, 0.05) is 17.9 Å². The first kappa shape index (κ1) is 25.2. The monoisotopic (exact) mass is 652 g/mol. The standard InChI is InChI=1S/C22H28Br4N2O/c1-11(2)5-19(13-7-15(23)21(27)16(24)8-13)29-20(6-12(3)4)14-9-17(25)22(28)18(26)10-14/h7-12,19-20H,5-6,27-28H2,1-4H3. The topological polar surface area (TPSA) is 61.3 Å². The van der Waals surface area contributed by atoms with E-state index in [1.54, 1.807) is 0 Å². The molecule has 29 heavy (non-hydrogen) atoms. The fourth-order valence-electron chi connectivity index (χ4n) is 3.17. The average Bonchev–Trinajstić information content (AvgIpc) is 2.61. The maximum Gasteiger partial charge on any atom is 0.0836 e. The minimum absolute atomic E-state index is 0.0537. The Morgan fingerprint density at radius 3 is 1.17 bits per heavy atom. The van der Waals surface area contributed by atoms with Gasteiger partial charge in [-0.1, -0.05) is 27.7 Å². The molecule has 2 unspecified atom stereocenters. The number of nitrogen functional groups attached to an aromatic ring is 2. The zero-order valence-corrected chi connectivity index (χ0v) is 23.5. The van der Waals surface area contributed by atoms with Crippen LogP contribution in [0.1, 0.15) is 63.9 Å². The van der Waals surface area contributed by atoms with Gasteiger partial charge in [0.05, 0.1) is 23.6 Å². The van der Waals surface area contributed by atoms with Crippen molar-refractivity contribution in [2.24, 2.45) is 11.8 Å². The third kappa shape index (κ3) is 6.96. The van der Waals surface area contributed by atoms with Crippen molar-refractivity contribution in [1.82, 2.24) is 0 Å². The third-order valence-corrected chi connectivity index (χ3v) is 7.27. The normalized spacial score (nSPS) is 13.9. The Morgan fingerprint density at radius 1 is 0.655 bits per heavy atom. The van der Waals surface area contributed by atoms with E-state index in [-0.39, 0.29) is 12.2 Å². The van der Waals surface area contributed by atoms with Crippen molar-refractivity contribution in [3.63, 3.8) is 0 Å². The number of hydrogen-bond acceptors (Lipinski definition) is 3. The Balaban J connectivity index is 2.46. The Hall–Kier alpha value is -0.0800. The average molecular weight is 656 g/mol. The molecule has 7 heteroatoms. The van der Waals surface area contributed by atoms with Crippen LogP contribution in [0, 0.1) is 11.8 Å². The van der Waals surface area contributed by atoms with Crippen molar-refractivity contribution in [3.8, 4) is 0 Å². The summed E-state index contributed by atoms with van der Waals surface area (Å²) in [4.78, 5) is 0. The molecule has 4 N–H and O–H groups in total. The number of ether oxygens (including phenoxy) is 1. The summed E-state index contributed by atoms with van der Waals surface area (Å²) in [6, 6.07) is 8.26. The maximum absolute atomic E-state index is 6.78. The third-order valence-electron chi connectivity index (χ3n) is 4.65. The van der Waals surface area contributed by atoms with Gasteiger partial charge in [0.15, 0.2) is 0 Å². The second kappa shape index (κ2) is 11.0. The summed E-state index contributed by atoms with van der Waals surface area (Å²) in [6.45, 7) is 8.86. The smallest absolute Gasteiger partial charge is 0.0836 e.